The van der Waals surface area contributed by atoms with Crippen LogP contribution in [0.25, 0.3) is 0 Å². The third-order valence-corrected chi connectivity index (χ3v) is 5.15. The smallest absolute Gasteiger partial charge is 0.317 e. The molecule has 0 aliphatic heterocycles. The second kappa shape index (κ2) is 7.29. The van der Waals surface area contributed by atoms with Crippen LogP contribution in [0, 0.1) is 0 Å². The van der Waals surface area contributed by atoms with Crippen molar-refractivity contribution in [2.24, 2.45) is 0 Å². The standard InChI is InChI=1S/C16H24N6OS/c1-10(2)15-14(24-21-20-15)8-17-16(23)22(3)9-13-11-6-4-5-7-12(11)18-19-13/h10H,4-9H2,1-3H3,(H,17,23)(H,18,19). The molecule has 0 fully saturated rings. The Morgan fingerprint density at radius 2 is 2.17 bits per heavy atom. The van der Waals surface area contributed by atoms with E-state index in [4.69, 9.17) is 0 Å². The highest BCUT2D eigenvalue weighted by atomic mass is 32.1. The van der Waals surface area contributed by atoms with Crippen molar-refractivity contribution in [3.05, 3.63) is 27.5 Å². The van der Waals surface area contributed by atoms with Gasteiger partial charge in [-0.25, -0.2) is 4.79 Å². The third kappa shape index (κ3) is 3.58. The van der Waals surface area contributed by atoms with E-state index in [9.17, 15) is 4.79 Å². The van der Waals surface area contributed by atoms with E-state index in [1.807, 2.05) is 0 Å². The number of carbonyl (C=O) groups is 1. The Morgan fingerprint density at radius 3 is 2.96 bits per heavy atom. The average Bonchev–Trinajstić information content (AvgIpc) is 3.20. The van der Waals surface area contributed by atoms with Crippen molar-refractivity contribution >= 4 is 17.6 Å². The van der Waals surface area contributed by atoms with E-state index in [-0.39, 0.29) is 6.03 Å². The molecule has 0 aromatic carbocycles. The summed E-state index contributed by atoms with van der Waals surface area (Å²) in [5.74, 6) is 0.309. The number of hydrogen-bond acceptors (Lipinski definition) is 5. The number of H-pyrrole nitrogens is 1. The second-order valence-electron chi connectivity index (χ2n) is 6.59. The Bertz CT molecular complexity index is 707. The molecule has 0 saturated carbocycles. The van der Waals surface area contributed by atoms with E-state index < -0.39 is 0 Å². The maximum Gasteiger partial charge on any atom is 0.317 e. The fraction of sp³-hybridized carbons (Fsp3) is 0.625. The molecule has 0 bridgehead atoms. The van der Waals surface area contributed by atoms with Gasteiger partial charge in [-0.05, 0) is 48.7 Å². The lowest BCUT2D eigenvalue weighted by molar-refractivity contribution is 0.206. The SMILES string of the molecule is CC(C)c1nnsc1CNC(=O)N(C)Cc1n[nH]c2c1CCCC2. The molecule has 8 heteroatoms. The van der Waals surface area contributed by atoms with Crippen LogP contribution in [0.1, 0.15) is 60.1 Å². The predicted molar refractivity (Wildman–Crippen MR) is 92.9 cm³/mol. The lowest BCUT2D eigenvalue weighted by atomic mass is 9.96. The van der Waals surface area contributed by atoms with Gasteiger partial charge in [-0.3, -0.25) is 5.10 Å². The number of aromatic amines is 1. The Labute approximate surface area is 146 Å². The van der Waals surface area contributed by atoms with Crippen LogP contribution in [0.3, 0.4) is 0 Å². The molecule has 0 unspecified atom stereocenters. The maximum atomic E-state index is 12.4. The van der Waals surface area contributed by atoms with Gasteiger partial charge < -0.3 is 10.2 Å². The fourth-order valence-electron chi connectivity index (χ4n) is 3.04. The highest BCUT2D eigenvalue weighted by molar-refractivity contribution is 7.05. The zero-order valence-electron chi connectivity index (χ0n) is 14.4. The number of urea groups is 1. The highest BCUT2D eigenvalue weighted by Crippen LogP contribution is 2.23. The summed E-state index contributed by atoms with van der Waals surface area (Å²) in [5.41, 5.74) is 4.49. The van der Waals surface area contributed by atoms with Crippen LogP contribution >= 0.6 is 11.5 Å². The van der Waals surface area contributed by atoms with Crippen LogP contribution in [0.4, 0.5) is 4.79 Å². The molecule has 2 heterocycles. The molecule has 7 nitrogen and oxygen atoms in total. The fourth-order valence-corrected chi connectivity index (χ4v) is 3.78. The Balaban J connectivity index is 1.57. The first-order valence-electron chi connectivity index (χ1n) is 8.41. The molecule has 0 radical (unpaired) electrons. The number of rotatable bonds is 5. The van der Waals surface area contributed by atoms with Gasteiger partial charge in [0, 0.05) is 12.7 Å². The van der Waals surface area contributed by atoms with E-state index in [0.717, 1.165) is 29.1 Å². The number of aromatic nitrogens is 4. The molecule has 3 rings (SSSR count). The minimum atomic E-state index is -0.106. The van der Waals surface area contributed by atoms with Crippen molar-refractivity contribution in [1.82, 2.24) is 30.0 Å². The average molecular weight is 348 g/mol. The second-order valence-corrected chi connectivity index (χ2v) is 7.42. The van der Waals surface area contributed by atoms with Gasteiger partial charge in [0.05, 0.1) is 29.4 Å². The summed E-state index contributed by atoms with van der Waals surface area (Å²) in [6.45, 7) is 5.15. The van der Waals surface area contributed by atoms with Crippen molar-refractivity contribution < 1.29 is 4.79 Å². The summed E-state index contributed by atoms with van der Waals surface area (Å²) in [6, 6.07) is -0.106. The van der Waals surface area contributed by atoms with Crippen molar-refractivity contribution in [3.63, 3.8) is 0 Å². The van der Waals surface area contributed by atoms with Crippen LogP contribution in [0.5, 0.6) is 0 Å². The summed E-state index contributed by atoms with van der Waals surface area (Å²) < 4.78 is 3.99. The van der Waals surface area contributed by atoms with Crippen LogP contribution in [-0.2, 0) is 25.9 Å². The first-order valence-corrected chi connectivity index (χ1v) is 9.18. The Kier molecular flexibility index (Phi) is 5.13. The lowest BCUT2D eigenvalue weighted by Crippen LogP contribution is -2.36. The Morgan fingerprint density at radius 1 is 1.38 bits per heavy atom. The van der Waals surface area contributed by atoms with Crippen LogP contribution in [0.2, 0.25) is 0 Å². The van der Waals surface area contributed by atoms with Crippen LogP contribution in [0.15, 0.2) is 0 Å². The molecule has 0 saturated heterocycles. The molecular weight excluding hydrogens is 324 g/mol. The minimum absolute atomic E-state index is 0.106. The Hall–Kier alpha value is -1.96. The zero-order chi connectivity index (χ0) is 17.1. The first-order chi connectivity index (χ1) is 11.6. The summed E-state index contributed by atoms with van der Waals surface area (Å²) in [5, 5.41) is 14.6. The van der Waals surface area contributed by atoms with Gasteiger partial charge in [0.25, 0.3) is 0 Å². The molecule has 130 valence electrons. The molecular formula is C16H24N6OS. The summed E-state index contributed by atoms with van der Waals surface area (Å²) in [7, 11) is 1.80. The maximum absolute atomic E-state index is 12.4. The molecule has 2 N–H and O–H groups in total. The van der Waals surface area contributed by atoms with E-state index in [1.165, 1.54) is 35.6 Å². The quantitative estimate of drug-likeness (QED) is 0.869. The number of carbonyl (C=O) groups excluding carboxylic acids is 1. The van der Waals surface area contributed by atoms with Gasteiger partial charge >= 0.3 is 6.03 Å². The highest BCUT2D eigenvalue weighted by Gasteiger charge is 2.20. The summed E-state index contributed by atoms with van der Waals surface area (Å²) in [4.78, 5) is 15.0. The first kappa shape index (κ1) is 16.9. The largest absolute Gasteiger partial charge is 0.333 e. The molecule has 2 aromatic rings. The normalized spacial score (nSPS) is 13.8. The predicted octanol–water partition coefficient (Wildman–Crippen LogP) is 2.61. The minimum Gasteiger partial charge on any atom is -0.333 e. The van der Waals surface area contributed by atoms with E-state index in [0.29, 0.717) is 19.0 Å². The van der Waals surface area contributed by atoms with Crippen LogP contribution in [-0.4, -0.2) is 37.8 Å². The molecule has 24 heavy (non-hydrogen) atoms. The van der Waals surface area contributed by atoms with E-state index >= 15 is 0 Å². The van der Waals surface area contributed by atoms with E-state index in [2.05, 4.69) is 38.9 Å². The zero-order valence-corrected chi connectivity index (χ0v) is 15.2. The number of amides is 2. The van der Waals surface area contributed by atoms with Crippen molar-refractivity contribution in [1.29, 1.82) is 0 Å². The monoisotopic (exact) mass is 348 g/mol. The van der Waals surface area contributed by atoms with Crippen molar-refractivity contribution in [3.8, 4) is 0 Å². The molecule has 1 aliphatic carbocycles. The number of aryl methyl sites for hydroxylation is 1. The number of nitrogens with zero attached hydrogens (tertiary/aromatic N) is 4. The van der Waals surface area contributed by atoms with Gasteiger partial charge in [-0.1, -0.05) is 18.3 Å². The topological polar surface area (TPSA) is 86.8 Å². The third-order valence-electron chi connectivity index (χ3n) is 4.41. The van der Waals surface area contributed by atoms with Gasteiger partial charge in [0.1, 0.15) is 0 Å². The molecule has 2 aromatic heterocycles. The molecule has 2 amide bonds. The van der Waals surface area contributed by atoms with Crippen molar-refractivity contribution in [2.45, 2.75) is 58.5 Å². The molecule has 0 atom stereocenters. The van der Waals surface area contributed by atoms with Gasteiger partial charge in [0.2, 0.25) is 0 Å². The summed E-state index contributed by atoms with van der Waals surface area (Å²) >= 11 is 1.34. The molecule has 0 spiro atoms. The van der Waals surface area contributed by atoms with E-state index in [1.54, 1.807) is 11.9 Å². The van der Waals surface area contributed by atoms with Gasteiger partial charge in [0.15, 0.2) is 0 Å². The number of nitrogens with one attached hydrogen (secondary N) is 2. The lowest BCUT2D eigenvalue weighted by Gasteiger charge is -2.18. The number of fused-ring (bicyclic) bond motifs is 1. The molecule has 1 aliphatic rings. The number of hydrogen-bond donors (Lipinski definition) is 2. The summed E-state index contributed by atoms with van der Waals surface area (Å²) in [6.07, 6.45) is 4.54. The van der Waals surface area contributed by atoms with Gasteiger partial charge in [-0.2, -0.15) is 5.10 Å². The van der Waals surface area contributed by atoms with Crippen LogP contribution < -0.4 is 5.32 Å². The van der Waals surface area contributed by atoms with Crippen molar-refractivity contribution in [2.75, 3.05) is 7.05 Å². The van der Waals surface area contributed by atoms with Gasteiger partial charge in [-0.15, -0.1) is 5.10 Å².